The van der Waals surface area contributed by atoms with Crippen molar-refractivity contribution in [1.29, 1.82) is 0 Å². The molecule has 1 rings (SSSR count). The van der Waals surface area contributed by atoms with Crippen molar-refractivity contribution in [2.24, 2.45) is 0 Å². The Bertz CT molecular complexity index is 396. The van der Waals surface area contributed by atoms with Crippen molar-refractivity contribution in [3.8, 4) is 17.2 Å². The van der Waals surface area contributed by atoms with Crippen molar-refractivity contribution in [3.63, 3.8) is 0 Å². The second-order valence-electron chi connectivity index (χ2n) is 5.06. The first-order valence-electron chi connectivity index (χ1n) is 7.22. The highest BCUT2D eigenvalue weighted by Crippen LogP contribution is 2.38. The molecule has 0 aliphatic carbocycles. The smallest absolute Gasteiger partial charge is 0.203 e. The molecule has 0 aliphatic heterocycles. The van der Waals surface area contributed by atoms with Gasteiger partial charge in [-0.1, -0.05) is 13.8 Å². The number of ether oxygens (including phenoxy) is 4. The first-order valence-corrected chi connectivity index (χ1v) is 7.22. The molecular weight excluding hydrogens is 270 g/mol. The lowest BCUT2D eigenvalue weighted by Crippen LogP contribution is -2.21. The molecule has 0 spiro atoms. The van der Waals surface area contributed by atoms with E-state index in [4.69, 9.17) is 18.9 Å². The number of hydrogen-bond donors (Lipinski definition) is 1. The monoisotopic (exact) mass is 297 g/mol. The van der Waals surface area contributed by atoms with Crippen molar-refractivity contribution >= 4 is 0 Å². The van der Waals surface area contributed by atoms with Crippen LogP contribution in [0.15, 0.2) is 12.1 Å². The Hall–Kier alpha value is -1.46. The highest BCUT2D eigenvalue weighted by atomic mass is 16.5. The number of rotatable bonds is 10. The molecular formula is C16H27NO4. The van der Waals surface area contributed by atoms with Crippen LogP contribution in [0.2, 0.25) is 0 Å². The predicted molar refractivity (Wildman–Crippen MR) is 83.5 cm³/mol. The molecule has 0 fully saturated rings. The van der Waals surface area contributed by atoms with E-state index in [0.717, 1.165) is 18.5 Å². The van der Waals surface area contributed by atoms with Gasteiger partial charge in [-0.25, -0.2) is 0 Å². The molecule has 0 radical (unpaired) electrons. The topological polar surface area (TPSA) is 49.0 Å². The second-order valence-corrected chi connectivity index (χ2v) is 5.06. The fourth-order valence-corrected chi connectivity index (χ4v) is 1.88. The summed E-state index contributed by atoms with van der Waals surface area (Å²) in [7, 11) is 4.95. The predicted octanol–water partition coefficient (Wildman–Crippen LogP) is 2.62. The second kappa shape index (κ2) is 9.47. The number of benzene rings is 1. The van der Waals surface area contributed by atoms with Gasteiger partial charge in [0.25, 0.3) is 0 Å². The van der Waals surface area contributed by atoms with Crippen molar-refractivity contribution in [3.05, 3.63) is 17.7 Å². The van der Waals surface area contributed by atoms with Crippen molar-refractivity contribution in [1.82, 2.24) is 5.32 Å². The Balaban J connectivity index is 2.85. The summed E-state index contributed by atoms with van der Waals surface area (Å²) in [5.74, 6) is 2.02. The highest BCUT2D eigenvalue weighted by Gasteiger charge is 2.14. The molecule has 0 bridgehead atoms. The number of nitrogens with one attached hydrogen (secondary N) is 1. The number of methoxy groups -OCH3 is 3. The van der Waals surface area contributed by atoms with Crippen LogP contribution in [0.4, 0.5) is 0 Å². The first-order chi connectivity index (χ1) is 10.1. The molecule has 1 aromatic rings. The van der Waals surface area contributed by atoms with E-state index >= 15 is 0 Å². The van der Waals surface area contributed by atoms with Gasteiger partial charge in [0.15, 0.2) is 11.5 Å². The largest absolute Gasteiger partial charge is 0.493 e. The van der Waals surface area contributed by atoms with Crippen LogP contribution < -0.4 is 19.5 Å². The highest BCUT2D eigenvalue weighted by molar-refractivity contribution is 5.53. The van der Waals surface area contributed by atoms with E-state index in [1.165, 1.54) is 0 Å². The van der Waals surface area contributed by atoms with Crippen LogP contribution in [0.25, 0.3) is 0 Å². The van der Waals surface area contributed by atoms with Crippen LogP contribution in [0.1, 0.15) is 25.8 Å². The minimum Gasteiger partial charge on any atom is -0.493 e. The van der Waals surface area contributed by atoms with E-state index in [1.807, 2.05) is 12.1 Å². The normalized spacial score (nSPS) is 10.8. The van der Waals surface area contributed by atoms with Gasteiger partial charge in [0.05, 0.1) is 20.8 Å². The molecule has 0 saturated carbocycles. The molecule has 120 valence electrons. The summed E-state index contributed by atoms with van der Waals surface area (Å²) in [6, 6.07) is 4.37. The summed E-state index contributed by atoms with van der Waals surface area (Å²) in [5.41, 5.74) is 1.10. The molecule has 21 heavy (non-hydrogen) atoms. The van der Waals surface area contributed by atoms with Crippen LogP contribution in [-0.4, -0.2) is 40.6 Å². The molecule has 5 heteroatoms. The third kappa shape index (κ3) is 5.81. The molecule has 0 amide bonds. The summed E-state index contributed by atoms with van der Waals surface area (Å²) in [6.45, 7) is 6.21. The standard InChI is InChI=1S/C16H27NO4/c1-12(2)17-11-13-9-14(19-4)16(15(10-13)20-5)21-8-6-7-18-3/h9-10,12,17H,6-8,11H2,1-5H3. The zero-order valence-electron chi connectivity index (χ0n) is 13.7. The quantitative estimate of drug-likeness (QED) is 0.673. The van der Waals surface area contributed by atoms with Crippen molar-refractivity contribution in [2.45, 2.75) is 32.9 Å². The summed E-state index contributed by atoms with van der Waals surface area (Å²) < 4.78 is 21.7. The Morgan fingerprint density at radius 2 is 1.62 bits per heavy atom. The summed E-state index contributed by atoms with van der Waals surface area (Å²) in [4.78, 5) is 0. The molecule has 1 aromatic carbocycles. The maximum atomic E-state index is 5.78. The van der Waals surface area contributed by atoms with Crippen LogP contribution in [0.3, 0.4) is 0 Å². The molecule has 0 aromatic heterocycles. The Morgan fingerprint density at radius 1 is 1.00 bits per heavy atom. The minimum absolute atomic E-state index is 0.423. The van der Waals surface area contributed by atoms with Gasteiger partial charge in [0.2, 0.25) is 5.75 Å². The molecule has 0 aliphatic rings. The summed E-state index contributed by atoms with van der Waals surface area (Å²) in [5, 5.41) is 3.38. The van der Waals surface area contributed by atoms with E-state index < -0.39 is 0 Å². The van der Waals surface area contributed by atoms with Gasteiger partial charge in [-0.15, -0.1) is 0 Å². The third-order valence-corrected chi connectivity index (χ3v) is 2.97. The minimum atomic E-state index is 0.423. The van der Waals surface area contributed by atoms with Gasteiger partial charge in [0.1, 0.15) is 0 Å². The Morgan fingerprint density at radius 3 is 2.10 bits per heavy atom. The molecule has 5 nitrogen and oxygen atoms in total. The van der Waals surface area contributed by atoms with E-state index in [0.29, 0.717) is 36.5 Å². The molecule has 0 heterocycles. The SMILES string of the molecule is COCCCOc1c(OC)cc(CNC(C)C)cc1OC. The van der Waals surface area contributed by atoms with Crippen LogP contribution >= 0.6 is 0 Å². The summed E-state index contributed by atoms with van der Waals surface area (Å²) >= 11 is 0. The summed E-state index contributed by atoms with van der Waals surface area (Å²) in [6.07, 6.45) is 0.819. The van der Waals surface area contributed by atoms with Gasteiger partial charge < -0.3 is 24.3 Å². The van der Waals surface area contributed by atoms with E-state index in [9.17, 15) is 0 Å². The van der Waals surface area contributed by atoms with Gasteiger partial charge in [-0.2, -0.15) is 0 Å². The van der Waals surface area contributed by atoms with Gasteiger partial charge >= 0.3 is 0 Å². The Labute approximate surface area is 127 Å². The number of hydrogen-bond acceptors (Lipinski definition) is 5. The molecule has 0 unspecified atom stereocenters. The molecule has 1 N–H and O–H groups in total. The molecule has 0 atom stereocenters. The van der Waals surface area contributed by atoms with E-state index in [-0.39, 0.29) is 0 Å². The van der Waals surface area contributed by atoms with Crippen molar-refractivity contribution < 1.29 is 18.9 Å². The van der Waals surface area contributed by atoms with Crippen LogP contribution in [0.5, 0.6) is 17.2 Å². The van der Waals surface area contributed by atoms with Gasteiger partial charge in [-0.3, -0.25) is 0 Å². The van der Waals surface area contributed by atoms with Gasteiger partial charge in [0, 0.05) is 32.7 Å². The van der Waals surface area contributed by atoms with E-state index in [1.54, 1.807) is 21.3 Å². The average molecular weight is 297 g/mol. The van der Waals surface area contributed by atoms with Crippen LogP contribution in [0, 0.1) is 0 Å². The first kappa shape index (κ1) is 17.6. The average Bonchev–Trinajstić information content (AvgIpc) is 2.49. The Kier molecular flexibility index (Phi) is 7.93. The fraction of sp³-hybridized carbons (Fsp3) is 0.625. The lowest BCUT2D eigenvalue weighted by Gasteiger charge is -2.17. The van der Waals surface area contributed by atoms with Crippen molar-refractivity contribution in [2.75, 3.05) is 34.5 Å². The van der Waals surface area contributed by atoms with Crippen LogP contribution in [-0.2, 0) is 11.3 Å². The maximum absolute atomic E-state index is 5.78. The lowest BCUT2D eigenvalue weighted by molar-refractivity contribution is 0.169. The zero-order chi connectivity index (χ0) is 15.7. The molecule has 0 saturated heterocycles. The maximum Gasteiger partial charge on any atom is 0.203 e. The third-order valence-electron chi connectivity index (χ3n) is 2.97. The lowest BCUT2D eigenvalue weighted by atomic mass is 10.1. The fourth-order valence-electron chi connectivity index (χ4n) is 1.88. The zero-order valence-corrected chi connectivity index (χ0v) is 13.7. The van der Waals surface area contributed by atoms with E-state index in [2.05, 4.69) is 19.2 Å². The van der Waals surface area contributed by atoms with Gasteiger partial charge in [-0.05, 0) is 17.7 Å².